The van der Waals surface area contributed by atoms with Crippen LogP contribution in [-0.2, 0) is 12.7 Å². The van der Waals surface area contributed by atoms with Crippen molar-refractivity contribution < 1.29 is 22.4 Å². The van der Waals surface area contributed by atoms with Crippen molar-refractivity contribution in [1.82, 2.24) is 34.9 Å². The SMILES string of the molecule is CCNC(=O)Nc1ncnc(CN2CCN(c3ccc(-n4cccn4)nc3C(F)(F)F)CC2)c1F. The standard InChI is InChI=1S/C21H23F4N9O/c1-2-26-20(35)31-19-17(22)14(27-13-28-19)12-32-8-10-33(11-9-32)15-4-5-16(34-7-3-6-29-34)30-18(15)21(23,24)25/h3-7,13H,2,8-12H2,1H3,(H2,26,27,28,31,35). The van der Waals surface area contributed by atoms with E-state index >= 15 is 0 Å². The summed E-state index contributed by atoms with van der Waals surface area (Å²) in [6.45, 7) is 3.53. The van der Waals surface area contributed by atoms with Gasteiger partial charge in [0.05, 0.1) is 11.4 Å². The Hall–Kier alpha value is -3.81. The molecular weight excluding hydrogens is 470 g/mol. The lowest BCUT2D eigenvalue weighted by atomic mass is 10.2. The van der Waals surface area contributed by atoms with Gasteiger partial charge in [0.15, 0.2) is 23.1 Å². The van der Waals surface area contributed by atoms with Gasteiger partial charge in [0.1, 0.15) is 6.33 Å². The maximum Gasteiger partial charge on any atom is 0.435 e. The van der Waals surface area contributed by atoms with Crippen LogP contribution in [0.15, 0.2) is 36.9 Å². The summed E-state index contributed by atoms with van der Waals surface area (Å²) in [6, 6.07) is 3.90. The Morgan fingerprint density at radius 3 is 2.57 bits per heavy atom. The Morgan fingerprint density at radius 1 is 1.14 bits per heavy atom. The van der Waals surface area contributed by atoms with E-state index in [2.05, 4.69) is 30.7 Å². The maximum atomic E-state index is 14.8. The molecule has 0 radical (unpaired) electrons. The number of nitrogens with zero attached hydrogens (tertiary/aromatic N) is 7. The van der Waals surface area contributed by atoms with E-state index in [1.54, 1.807) is 17.9 Å². The molecule has 3 aromatic rings. The molecule has 0 aliphatic carbocycles. The van der Waals surface area contributed by atoms with Crippen LogP contribution in [0.25, 0.3) is 5.82 Å². The van der Waals surface area contributed by atoms with Gasteiger partial charge < -0.3 is 10.2 Å². The number of alkyl halides is 3. The van der Waals surface area contributed by atoms with Gasteiger partial charge in [-0.05, 0) is 25.1 Å². The van der Waals surface area contributed by atoms with E-state index in [0.717, 1.165) is 6.33 Å². The molecule has 2 N–H and O–H groups in total. The highest BCUT2D eigenvalue weighted by molar-refractivity contribution is 5.88. The third-order valence-electron chi connectivity index (χ3n) is 5.38. The molecule has 0 spiro atoms. The van der Waals surface area contributed by atoms with E-state index in [9.17, 15) is 22.4 Å². The molecule has 0 saturated carbocycles. The van der Waals surface area contributed by atoms with Gasteiger partial charge in [-0.1, -0.05) is 0 Å². The summed E-state index contributed by atoms with van der Waals surface area (Å²) in [5.74, 6) is -0.919. The second-order valence-corrected chi connectivity index (χ2v) is 7.72. The third kappa shape index (κ3) is 5.65. The predicted molar refractivity (Wildman–Crippen MR) is 119 cm³/mol. The fourth-order valence-corrected chi connectivity index (χ4v) is 3.71. The van der Waals surface area contributed by atoms with Gasteiger partial charge in [0.2, 0.25) is 0 Å². The molecule has 2 amide bonds. The van der Waals surface area contributed by atoms with E-state index in [0.29, 0.717) is 19.6 Å². The molecule has 186 valence electrons. The molecule has 1 saturated heterocycles. The number of carbonyl (C=O) groups excluding carboxylic acids is 1. The maximum absolute atomic E-state index is 14.8. The van der Waals surface area contributed by atoms with Crippen LogP contribution in [0.1, 0.15) is 18.3 Å². The lowest BCUT2D eigenvalue weighted by Crippen LogP contribution is -2.46. The van der Waals surface area contributed by atoms with Crippen LogP contribution in [0.4, 0.5) is 33.9 Å². The zero-order valence-corrected chi connectivity index (χ0v) is 18.8. The Balaban J connectivity index is 1.45. The summed E-state index contributed by atoms with van der Waals surface area (Å²) in [5.41, 5.74) is -0.918. The second kappa shape index (κ2) is 10.2. The first-order valence-corrected chi connectivity index (χ1v) is 10.9. The number of pyridine rings is 1. The van der Waals surface area contributed by atoms with E-state index < -0.39 is 23.7 Å². The number of amides is 2. The van der Waals surface area contributed by atoms with Gasteiger partial charge >= 0.3 is 12.2 Å². The molecule has 1 fully saturated rings. The summed E-state index contributed by atoms with van der Waals surface area (Å²) >= 11 is 0. The molecule has 4 rings (SSSR count). The van der Waals surface area contributed by atoms with Crippen molar-refractivity contribution in [3.05, 3.63) is 54.1 Å². The Morgan fingerprint density at radius 2 is 1.91 bits per heavy atom. The summed E-state index contributed by atoms with van der Waals surface area (Å²) in [7, 11) is 0. The minimum absolute atomic E-state index is 0.0188. The van der Waals surface area contributed by atoms with Gasteiger partial charge in [0, 0.05) is 51.7 Å². The van der Waals surface area contributed by atoms with Crippen LogP contribution >= 0.6 is 0 Å². The number of piperazine rings is 1. The van der Waals surface area contributed by atoms with Gasteiger partial charge in [-0.2, -0.15) is 18.3 Å². The molecule has 14 heteroatoms. The Bertz CT molecular complexity index is 1160. The number of hydrogen-bond acceptors (Lipinski definition) is 7. The number of nitrogens with one attached hydrogen (secondary N) is 2. The number of aromatic nitrogens is 5. The number of rotatable bonds is 6. The molecule has 4 heterocycles. The number of urea groups is 1. The van der Waals surface area contributed by atoms with Crippen LogP contribution in [0.3, 0.4) is 0 Å². The molecular formula is C21H23F4N9O. The minimum Gasteiger partial charge on any atom is -0.367 e. The fourth-order valence-electron chi connectivity index (χ4n) is 3.71. The number of anilines is 2. The fraction of sp³-hybridized carbons (Fsp3) is 0.381. The third-order valence-corrected chi connectivity index (χ3v) is 5.38. The molecule has 0 aromatic carbocycles. The monoisotopic (exact) mass is 493 g/mol. The quantitative estimate of drug-likeness (QED) is 0.509. The van der Waals surface area contributed by atoms with Crippen molar-refractivity contribution in [3.8, 4) is 5.82 Å². The lowest BCUT2D eigenvalue weighted by Gasteiger charge is -2.36. The van der Waals surface area contributed by atoms with Gasteiger partial charge in [-0.25, -0.2) is 28.8 Å². The molecule has 0 unspecified atom stereocenters. The van der Waals surface area contributed by atoms with Crippen molar-refractivity contribution in [2.75, 3.05) is 42.9 Å². The van der Waals surface area contributed by atoms with Crippen LogP contribution in [0.2, 0.25) is 0 Å². The molecule has 0 atom stereocenters. The first-order chi connectivity index (χ1) is 16.8. The Kier molecular flexibility index (Phi) is 7.10. The summed E-state index contributed by atoms with van der Waals surface area (Å²) < 4.78 is 57.4. The van der Waals surface area contributed by atoms with E-state index in [4.69, 9.17) is 0 Å². The smallest absolute Gasteiger partial charge is 0.367 e. The van der Waals surface area contributed by atoms with Crippen molar-refractivity contribution >= 4 is 17.5 Å². The lowest BCUT2D eigenvalue weighted by molar-refractivity contribution is -0.140. The second-order valence-electron chi connectivity index (χ2n) is 7.72. The van der Waals surface area contributed by atoms with Crippen LogP contribution in [0, 0.1) is 5.82 Å². The minimum atomic E-state index is -4.65. The number of hydrogen-bond donors (Lipinski definition) is 2. The van der Waals surface area contributed by atoms with Crippen molar-refractivity contribution in [1.29, 1.82) is 0 Å². The first kappa shape index (κ1) is 24.3. The summed E-state index contributed by atoms with van der Waals surface area (Å²) in [6.07, 6.45) is -0.516. The molecule has 35 heavy (non-hydrogen) atoms. The molecule has 1 aliphatic heterocycles. The number of halogens is 4. The largest absolute Gasteiger partial charge is 0.435 e. The molecule has 1 aliphatic rings. The molecule has 10 nitrogen and oxygen atoms in total. The van der Waals surface area contributed by atoms with Crippen LogP contribution in [-0.4, -0.2) is 68.4 Å². The highest BCUT2D eigenvalue weighted by Crippen LogP contribution is 2.36. The zero-order chi connectivity index (χ0) is 25.0. The number of carbonyl (C=O) groups is 1. The van der Waals surface area contributed by atoms with Gasteiger partial charge in [0.25, 0.3) is 0 Å². The van der Waals surface area contributed by atoms with Crippen LogP contribution < -0.4 is 15.5 Å². The Labute approximate surface area is 198 Å². The van der Waals surface area contributed by atoms with Crippen LogP contribution in [0.5, 0.6) is 0 Å². The van der Waals surface area contributed by atoms with Gasteiger partial charge in [-0.3, -0.25) is 10.2 Å². The zero-order valence-electron chi connectivity index (χ0n) is 18.8. The van der Waals surface area contributed by atoms with Crippen molar-refractivity contribution in [2.24, 2.45) is 0 Å². The average molecular weight is 493 g/mol. The predicted octanol–water partition coefficient (Wildman–Crippen LogP) is 2.68. The highest BCUT2D eigenvalue weighted by atomic mass is 19.4. The molecule has 3 aromatic heterocycles. The van der Waals surface area contributed by atoms with Crippen molar-refractivity contribution in [2.45, 2.75) is 19.6 Å². The normalized spacial score (nSPS) is 14.7. The first-order valence-electron chi connectivity index (χ1n) is 10.9. The topological polar surface area (TPSA) is 104 Å². The van der Waals surface area contributed by atoms with Crippen molar-refractivity contribution in [3.63, 3.8) is 0 Å². The highest BCUT2D eigenvalue weighted by Gasteiger charge is 2.38. The summed E-state index contributed by atoms with van der Waals surface area (Å²) in [4.78, 5) is 26.7. The van der Waals surface area contributed by atoms with E-state index in [1.807, 2.05) is 4.90 Å². The van der Waals surface area contributed by atoms with Gasteiger partial charge in [-0.15, -0.1) is 0 Å². The molecule has 0 bridgehead atoms. The summed E-state index contributed by atoms with van der Waals surface area (Å²) in [5, 5.41) is 8.75. The van der Waals surface area contributed by atoms with E-state index in [-0.39, 0.29) is 42.7 Å². The average Bonchev–Trinajstić information content (AvgIpc) is 3.37. The van der Waals surface area contributed by atoms with E-state index in [1.165, 1.54) is 29.2 Å².